The maximum absolute atomic E-state index is 12.6. The van der Waals surface area contributed by atoms with Gasteiger partial charge in [0.2, 0.25) is 0 Å². The number of rotatable bonds is 4. The minimum absolute atomic E-state index is 0.00291. The zero-order valence-electron chi connectivity index (χ0n) is 10.5. The lowest BCUT2D eigenvalue weighted by Gasteiger charge is -2.10. The van der Waals surface area contributed by atoms with E-state index in [1.165, 1.54) is 18.7 Å². The SMILES string of the molecule is O=[N+]([O-])c1cc(C(F)(F)F)ccc1NCc1cncnc1. The van der Waals surface area contributed by atoms with E-state index in [0.29, 0.717) is 11.6 Å². The van der Waals surface area contributed by atoms with Gasteiger partial charge in [-0.25, -0.2) is 9.97 Å². The first-order chi connectivity index (χ1) is 9.88. The largest absolute Gasteiger partial charge is 0.416 e. The number of hydrogen-bond donors (Lipinski definition) is 1. The van der Waals surface area contributed by atoms with Gasteiger partial charge in [-0.05, 0) is 12.1 Å². The highest BCUT2D eigenvalue weighted by atomic mass is 19.4. The molecule has 0 saturated carbocycles. The van der Waals surface area contributed by atoms with E-state index in [4.69, 9.17) is 0 Å². The molecule has 0 atom stereocenters. The van der Waals surface area contributed by atoms with Gasteiger partial charge in [0.05, 0.1) is 10.5 Å². The highest BCUT2D eigenvalue weighted by Crippen LogP contribution is 2.35. The van der Waals surface area contributed by atoms with Crippen molar-refractivity contribution < 1.29 is 18.1 Å². The van der Waals surface area contributed by atoms with Crippen molar-refractivity contribution in [2.24, 2.45) is 0 Å². The molecule has 9 heteroatoms. The van der Waals surface area contributed by atoms with Gasteiger partial charge in [-0.15, -0.1) is 0 Å². The highest BCUT2D eigenvalue weighted by Gasteiger charge is 2.32. The van der Waals surface area contributed by atoms with Crippen LogP contribution in [0.4, 0.5) is 24.5 Å². The van der Waals surface area contributed by atoms with E-state index in [9.17, 15) is 23.3 Å². The fraction of sp³-hybridized carbons (Fsp3) is 0.167. The smallest absolute Gasteiger partial charge is 0.375 e. The minimum atomic E-state index is -4.63. The number of nitro groups is 1. The molecule has 1 aromatic heterocycles. The summed E-state index contributed by atoms with van der Waals surface area (Å²) in [5.74, 6) is 0. The first-order valence-corrected chi connectivity index (χ1v) is 5.71. The molecule has 0 radical (unpaired) electrons. The van der Waals surface area contributed by atoms with Crippen molar-refractivity contribution in [3.05, 3.63) is 58.2 Å². The van der Waals surface area contributed by atoms with Gasteiger partial charge in [-0.1, -0.05) is 0 Å². The van der Waals surface area contributed by atoms with Crippen LogP contribution in [-0.4, -0.2) is 14.9 Å². The van der Waals surface area contributed by atoms with Crippen LogP contribution in [-0.2, 0) is 12.7 Å². The van der Waals surface area contributed by atoms with E-state index in [-0.39, 0.29) is 12.2 Å². The van der Waals surface area contributed by atoms with Crippen LogP contribution in [0.2, 0.25) is 0 Å². The molecular formula is C12H9F3N4O2. The second-order valence-corrected chi connectivity index (χ2v) is 4.09. The summed E-state index contributed by atoms with van der Waals surface area (Å²) in [4.78, 5) is 17.6. The van der Waals surface area contributed by atoms with Crippen LogP contribution < -0.4 is 5.32 Å². The lowest BCUT2D eigenvalue weighted by molar-refractivity contribution is -0.384. The fourth-order valence-corrected chi connectivity index (χ4v) is 1.63. The Kier molecular flexibility index (Phi) is 4.01. The Balaban J connectivity index is 2.25. The third-order valence-corrected chi connectivity index (χ3v) is 2.62. The second-order valence-electron chi connectivity index (χ2n) is 4.09. The zero-order valence-corrected chi connectivity index (χ0v) is 10.5. The molecule has 21 heavy (non-hydrogen) atoms. The number of alkyl halides is 3. The Morgan fingerprint density at radius 3 is 2.48 bits per heavy atom. The molecule has 0 aliphatic carbocycles. The molecule has 0 aliphatic heterocycles. The number of halogens is 3. The fourth-order valence-electron chi connectivity index (χ4n) is 1.63. The Morgan fingerprint density at radius 1 is 1.24 bits per heavy atom. The monoisotopic (exact) mass is 298 g/mol. The van der Waals surface area contributed by atoms with E-state index in [1.54, 1.807) is 0 Å². The van der Waals surface area contributed by atoms with Gasteiger partial charge in [0.1, 0.15) is 12.0 Å². The van der Waals surface area contributed by atoms with Crippen LogP contribution in [0, 0.1) is 10.1 Å². The molecule has 0 amide bonds. The van der Waals surface area contributed by atoms with E-state index in [0.717, 1.165) is 12.1 Å². The van der Waals surface area contributed by atoms with Crippen LogP contribution in [0.25, 0.3) is 0 Å². The summed E-state index contributed by atoms with van der Waals surface area (Å²) in [6.45, 7) is 0.160. The van der Waals surface area contributed by atoms with Crippen LogP contribution >= 0.6 is 0 Å². The maximum atomic E-state index is 12.6. The predicted octanol–water partition coefficient (Wildman–Crippen LogP) is 3.02. The number of benzene rings is 1. The molecule has 0 saturated heterocycles. The standard InChI is InChI=1S/C12H9F3N4O2/c13-12(14,15)9-1-2-10(11(3-9)19(20)21)18-6-8-4-16-7-17-5-8/h1-5,7,18H,6H2. The van der Waals surface area contributed by atoms with Crippen LogP contribution in [0.3, 0.4) is 0 Å². The van der Waals surface area contributed by atoms with Crippen LogP contribution in [0.1, 0.15) is 11.1 Å². The van der Waals surface area contributed by atoms with Crippen molar-refractivity contribution >= 4 is 11.4 Å². The van der Waals surface area contributed by atoms with Gasteiger partial charge < -0.3 is 5.32 Å². The molecule has 0 spiro atoms. The Morgan fingerprint density at radius 2 is 1.90 bits per heavy atom. The van der Waals surface area contributed by atoms with E-state index >= 15 is 0 Å². The quantitative estimate of drug-likeness (QED) is 0.693. The molecule has 0 unspecified atom stereocenters. The van der Waals surface area contributed by atoms with Crippen molar-refractivity contribution in [1.82, 2.24) is 9.97 Å². The van der Waals surface area contributed by atoms with E-state index in [1.807, 2.05) is 0 Å². The minimum Gasteiger partial charge on any atom is -0.375 e. The van der Waals surface area contributed by atoms with Crippen molar-refractivity contribution in [1.29, 1.82) is 0 Å². The van der Waals surface area contributed by atoms with Crippen LogP contribution in [0.15, 0.2) is 36.9 Å². The van der Waals surface area contributed by atoms with E-state index < -0.39 is 22.4 Å². The van der Waals surface area contributed by atoms with Gasteiger partial charge in [0.15, 0.2) is 0 Å². The molecule has 0 aliphatic rings. The van der Waals surface area contributed by atoms with Crippen molar-refractivity contribution in [3.63, 3.8) is 0 Å². The lowest BCUT2D eigenvalue weighted by Crippen LogP contribution is -2.08. The van der Waals surface area contributed by atoms with Gasteiger partial charge in [0.25, 0.3) is 5.69 Å². The zero-order chi connectivity index (χ0) is 15.5. The number of nitrogens with one attached hydrogen (secondary N) is 1. The third kappa shape index (κ3) is 3.65. The molecule has 2 rings (SSSR count). The van der Waals surface area contributed by atoms with Gasteiger partial charge in [-0.2, -0.15) is 13.2 Å². The average molecular weight is 298 g/mol. The topological polar surface area (TPSA) is 81.0 Å². The van der Waals surface area contributed by atoms with Crippen molar-refractivity contribution in [2.75, 3.05) is 5.32 Å². The summed E-state index contributed by atoms with van der Waals surface area (Å²) < 4.78 is 37.7. The molecular weight excluding hydrogens is 289 g/mol. The maximum Gasteiger partial charge on any atom is 0.416 e. The van der Waals surface area contributed by atoms with Gasteiger partial charge >= 0.3 is 6.18 Å². The van der Waals surface area contributed by atoms with Gasteiger partial charge in [-0.3, -0.25) is 10.1 Å². The number of aromatic nitrogens is 2. The third-order valence-electron chi connectivity index (χ3n) is 2.62. The normalized spacial score (nSPS) is 11.2. The number of nitro benzene ring substituents is 1. The first-order valence-electron chi connectivity index (χ1n) is 5.71. The molecule has 2 aromatic rings. The number of anilines is 1. The molecule has 0 fully saturated rings. The van der Waals surface area contributed by atoms with Crippen molar-refractivity contribution in [3.8, 4) is 0 Å². The lowest BCUT2D eigenvalue weighted by atomic mass is 10.1. The highest BCUT2D eigenvalue weighted by molar-refractivity contribution is 5.63. The first kappa shape index (κ1) is 14.7. The van der Waals surface area contributed by atoms with Crippen LogP contribution in [0.5, 0.6) is 0 Å². The summed E-state index contributed by atoms with van der Waals surface area (Å²) >= 11 is 0. The summed E-state index contributed by atoms with van der Waals surface area (Å²) in [7, 11) is 0. The predicted molar refractivity (Wildman–Crippen MR) is 67.5 cm³/mol. The molecule has 1 N–H and O–H groups in total. The molecule has 0 bridgehead atoms. The van der Waals surface area contributed by atoms with E-state index in [2.05, 4.69) is 15.3 Å². The van der Waals surface area contributed by atoms with Gasteiger partial charge in [0, 0.05) is 30.6 Å². The molecule has 1 heterocycles. The summed E-state index contributed by atoms with van der Waals surface area (Å²) in [6, 6.07) is 2.32. The van der Waals surface area contributed by atoms with Crippen molar-refractivity contribution in [2.45, 2.75) is 12.7 Å². The Hall–Kier alpha value is -2.71. The Bertz CT molecular complexity index is 647. The summed E-state index contributed by atoms with van der Waals surface area (Å²) in [5.41, 5.74) is -1.06. The summed E-state index contributed by atoms with van der Waals surface area (Å²) in [6.07, 6.45) is -0.313. The molecule has 6 nitrogen and oxygen atoms in total. The average Bonchev–Trinajstić information content (AvgIpc) is 2.45. The molecule has 110 valence electrons. The number of nitrogens with zero attached hydrogens (tertiary/aromatic N) is 3. The Labute approximate surface area is 116 Å². The summed E-state index contributed by atoms with van der Waals surface area (Å²) in [5, 5.41) is 13.6. The number of hydrogen-bond acceptors (Lipinski definition) is 5. The molecule has 1 aromatic carbocycles. The second kappa shape index (κ2) is 5.73.